The number of benzene rings is 2. The van der Waals surface area contributed by atoms with Gasteiger partial charge in [-0.1, -0.05) is 24.3 Å². The second-order valence-electron chi connectivity index (χ2n) is 5.57. The number of rotatable bonds is 7. The van der Waals surface area contributed by atoms with Crippen LogP contribution >= 0.6 is 0 Å². The molecule has 0 saturated heterocycles. The predicted octanol–water partition coefficient (Wildman–Crippen LogP) is 2.86. The highest BCUT2D eigenvalue weighted by atomic mass is 19.1. The first-order chi connectivity index (χ1) is 12.0. The smallest absolute Gasteiger partial charge is 0.244 e. The molecule has 2 aromatic carbocycles. The number of anilines is 1. The molecule has 2 aromatic rings. The zero-order valence-electron chi connectivity index (χ0n) is 14.3. The highest BCUT2D eigenvalue weighted by Gasteiger charge is 2.15. The van der Waals surface area contributed by atoms with E-state index < -0.39 is 0 Å². The molecule has 2 amide bonds. The zero-order valence-corrected chi connectivity index (χ0v) is 14.3. The van der Waals surface area contributed by atoms with Crippen LogP contribution < -0.4 is 10.1 Å². The van der Waals surface area contributed by atoms with Crippen molar-refractivity contribution in [2.24, 2.45) is 0 Å². The first-order valence-corrected chi connectivity index (χ1v) is 7.92. The fraction of sp³-hybridized carbons (Fsp3) is 0.263. The molecule has 1 N–H and O–H groups in total. The maximum absolute atomic E-state index is 12.9. The largest absolute Gasteiger partial charge is 0.495 e. The summed E-state index contributed by atoms with van der Waals surface area (Å²) in [6.45, 7) is 1.73. The molecule has 0 aliphatic carbocycles. The molecule has 2 rings (SSSR count). The van der Waals surface area contributed by atoms with Gasteiger partial charge in [0.05, 0.1) is 19.3 Å². The summed E-state index contributed by atoms with van der Waals surface area (Å²) in [5.74, 6) is -0.254. The minimum atomic E-state index is -0.307. The molecule has 6 heteroatoms. The molecule has 0 aliphatic heterocycles. The van der Waals surface area contributed by atoms with Crippen molar-refractivity contribution in [2.75, 3.05) is 25.5 Å². The summed E-state index contributed by atoms with van der Waals surface area (Å²) in [5.41, 5.74) is 1.45. The average molecular weight is 344 g/mol. The van der Waals surface area contributed by atoms with E-state index in [0.717, 1.165) is 5.56 Å². The van der Waals surface area contributed by atoms with Crippen LogP contribution in [-0.2, 0) is 16.0 Å². The number of carbonyl (C=O) groups is 2. The standard InChI is InChI=1S/C19H21FN2O3/c1-14(23)22(12-11-15-7-9-16(20)10-8-15)13-19(24)21-17-5-3-4-6-18(17)25-2/h3-10H,11-13H2,1-2H3,(H,21,24). The van der Waals surface area contributed by atoms with Gasteiger partial charge in [-0.15, -0.1) is 0 Å². The van der Waals surface area contributed by atoms with Gasteiger partial charge in [-0.05, 0) is 36.2 Å². The number of nitrogens with one attached hydrogen (secondary N) is 1. The molecule has 0 bridgehead atoms. The lowest BCUT2D eigenvalue weighted by Gasteiger charge is -2.21. The lowest BCUT2D eigenvalue weighted by molar-refractivity contribution is -0.132. The Morgan fingerprint density at radius 3 is 2.44 bits per heavy atom. The van der Waals surface area contributed by atoms with Gasteiger partial charge >= 0.3 is 0 Å². The molecule has 5 nitrogen and oxygen atoms in total. The maximum Gasteiger partial charge on any atom is 0.244 e. The minimum absolute atomic E-state index is 0.0609. The Hall–Kier alpha value is -2.89. The van der Waals surface area contributed by atoms with Gasteiger partial charge in [0, 0.05) is 13.5 Å². The van der Waals surface area contributed by atoms with Crippen LogP contribution in [0.5, 0.6) is 5.75 Å². The number of para-hydroxylation sites is 2. The Kier molecular flexibility index (Phi) is 6.51. The van der Waals surface area contributed by atoms with Crippen molar-refractivity contribution in [2.45, 2.75) is 13.3 Å². The van der Waals surface area contributed by atoms with Crippen molar-refractivity contribution in [3.63, 3.8) is 0 Å². The van der Waals surface area contributed by atoms with Crippen LogP contribution in [0.15, 0.2) is 48.5 Å². The van der Waals surface area contributed by atoms with Crippen LogP contribution in [0.25, 0.3) is 0 Å². The third-order valence-corrected chi connectivity index (χ3v) is 3.74. The Balaban J connectivity index is 1.95. The number of halogens is 1. The minimum Gasteiger partial charge on any atom is -0.495 e. The van der Waals surface area contributed by atoms with Gasteiger partial charge in [-0.2, -0.15) is 0 Å². The molecule has 0 heterocycles. The molecule has 0 spiro atoms. The van der Waals surface area contributed by atoms with Crippen LogP contribution in [0.1, 0.15) is 12.5 Å². The van der Waals surface area contributed by atoms with Crippen molar-refractivity contribution in [3.8, 4) is 5.75 Å². The van der Waals surface area contributed by atoms with Crippen molar-refractivity contribution in [3.05, 3.63) is 59.9 Å². The Morgan fingerprint density at radius 2 is 1.80 bits per heavy atom. The van der Waals surface area contributed by atoms with E-state index in [4.69, 9.17) is 4.74 Å². The molecule has 0 unspecified atom stereocenters. The van der Waals surface area contributed by atoms with E-state index in [9.17, 15) is 14.0 Å². The van der Waals surface area contributed by atoms with E-state index in [1.807, 2.05) is 0 Å². The van der Waals surface area contributed by atoms with Gasteiger partial charge in [0.1, 0.15) is 11.6 Å². The molecule has 0 aromatic heterocycles. The van der Waals surface area contributed by atoms with Gasteiger partial charge in [0.15, 0.2) is 0 Å². The quantitative estimate of drug-likeness (QED) is 0.840. The summed E-state index contributed by atoms with van der Waals surface area (Å²) < 4.78 is 18.1. The molecular weight excluding hydrogens is 323 g/mol. The molecule has 0 atom stereocenters. The van der Waals surface area contributed by atoms with E-state index in [1.54, 1.807) is 36.4 Å². The number of ether oxygens (including phenoxy) is 1. The molecule has 0 fully saturated rings. The summed E-state index contributed by atoms with van der Waals surface area (Å²) >= 11 is 0. The second kappa shape index (κ2) is 8.82. The van der Waals surface area contributed by atoms with Crippen LogP contribution in [-0.4, -0.2) is 36.9 Å². The number of hydrogen-bond donors (Lipinski definition) is 1. The van der Waals surface area contributed by atoms with Crippen LogP contribution in [0.2, 0.25) is 0 Å². The summed E-state index contributed by atoms with van der Waals surface area (Å²) in [6, 6.07) is 13.2. The predicted molar refractivity (Wildman–Crippen MR) is 94.0 cm³/mol. The fourth-order valence-electron chi connectivity index (χ4n) is 2.37. The molecular formula is C19H21FN2O3. The highest BCUT2D eigenvalue weighted by molar-refractivity contribution is 5.95. The number of hydrogen-bond acceptors (Lipinski definition) is 3. The summed E-state index contributed by atoms with van der Waals surface area (Å²) in [6.07, 6.45) is 0.543. The van der Waals surface area contributed by atoms with E-state index in [-0.39, 0.29) is 24.2 Å². The van der Waals surface area contributed by atoms with E-state index in [1.165, 1.54) is 31.1 Å². The zero-order chi connectivity index (χ0) is 18.2. The lowest BCUT2D eigenvalue weighted by Crippen LogP contribution is -2.38. The van der Waals surface area contributed by atoms with E-state index in [0.29, 0.717) is 24.4 Å². The summed E-state index contributed by atoms with van der Waals surface area (Å²) in [4.78, 5) is 25.5. The summed E-state index contributed by atoms with van der Waals surface area (Å²) in [7, 11) is 1.52. The van der Waals surface area contributed by atoms with E-state index in [2.05, 4.69) is 5.32 Å². The van der Waals surface area contributed by atoms with Crippen molar-refractivity contribution < 1.29 is 18.7 Å². The lowest BCUT2D eigenvalue weighted by atomic mass is 10.1. The molecule has 0 radical (unpaired) electrons. The van der Waals surface area contributed by atoms with Gasteiger partial charge in [0.2, 0.25) is 11.8 Å². The van der Waals surface area contributed by atoms with Crippen LogP contribution in [0.3, 0.4) is 0 Å². The first kappa shape index (κ1) is 18.4. The molecule has 0 aliphatic rings. The normalized spacial score (nSPS) is 10.2. The number of nitrogens with zero attached hydrogens (tertiary/aromatic N) is 1. The van der Waals surface area contributed by atoms with Crippen LogP contribution in [0, 0.1) is 5.82 Å². The number of carbonyl (C=O) groups excluding carboxylic acids is 2. The summed E-state index contributed by atoms with van der Waals surface area (Å²) in [5, 5.41) is 2.75. The third-order valence-electron chi connectivity index (χ3n) is 3.74. The average Bonchev–Trinajstić information content (AvgIpc) is 2.60. The number of methoxy groups -OCH3 is 1. The fourth-order valence-corrected chi connectivity index (χ4v) is 2.37. The van der Waals surface area contributed by atoms with Crippen molar-refractivity contribution >= 4 is 17.5 Å². The first-order valence-electron chi connectivity index (χ1n) is 7.92. The Morgan fingerprint density at radius 1 is 1.12 bits per heavy atom. The van der Waals surface area contributed by atoms with Gasteiger partial charge in [0.25, 0.3) is 0 Å². The maximum atomic E-state index is 12.9. The topological polar surface area (TPSA) is 58.6 Å². The third kappa shape index (κ3) is 5.60. The Bertz CT molecular complexity index is 732. The van der Waals surface area contributed by atoms with Gasteiger partial charge < -0.3 is 15.0 Å². The monoisotopic (exact) mass is 344 g/mol. The second-order valence-corrected chi connectivity index (χ2v) is 5.57. The van der Waals surface area contributed by atoms with E-state index >= 15 is 0 Å². The van der Waals surface area contributed by atoms with Crippen LogP contribution in [0.4, 0.5) is 10.1 Å². The highest BCUT2D eigenvalue weighted by Crippen LogP contribution is 2.22. The van der Waals surface area contributed by atoms with Gasteiger partial charge in [-0.3, -0.25) is 9.59 Å². The van der Waals surface area contributed by atoms with Crippen molar-refractivity contribution in [1.82, 2.24) is 4.90 Å². The molecule has 0 saturated carbocycles. The molecule has 132 valence electrons. The van der Waals surface area contributed by atoms with Gasteiger partial charge in [-0.25, -0.2) is 4.39 Å². The SMILES string of the molecule is COc1ccccc1NC(=O)CN(CCc1ccc(F)cc1)C(C)=O. The Labute approximate surface area is 146 Å². The van der Waals surface area contributed by atoms with Crippen molar-refractivity contribution in [1.29, 1.82) is 0 Å². The number of amides is 2. The molecule has 25 heavy (non-hydrogen) atoms.